The molecule has 0 aliphatic rings. The zero-order valence-corrected chi connectivity index (χ0v) is 16.5. The van der Waals surface area contributed by atoms with Crippen LogP contribution in [0.4, 0.5) is 5.69 Å². The van der Waals surface area contributed by atoms with Crippen molar-refractivity contribution < 1.29 is 19.1 Å². The van der Waals surface area contributed by atoms with E-state index in [1.807, 2.05) is 60.7 Å². The van der Waals surface area contributed by atoms with Crippen LogP contribution in [0, 0.1) is 0 Å². The molecule has 2 amide bonds. The van der Waals surface area contributed by atoms with Gasteiger partial charge in [0.2, 0.25) is 0 Å². The number of rotatable bonds is 6. The maximum Gasteiger partial charge on any atom is 0.338 e. The van der Waals surface area contributed by atoms with Crippen molar-refractivity contribution in [1.82, 2.24) is 5.32 Å². The third-order valence-electron chi connectivity index (χ3n) is 4.40. The van der Waals surface area contributed by atoms with Gasteiger partial charge in [0.05, 0.1) is 18.2 Å². The fraction of sp³-hybridized carbons (Fsp3) is 0.125. The molecule has 3 rings (SSSR count). The number of amides is 2. The van der Waals surface area contributed by atoms with Crippen molar-refractivity contribution in [1.29, 1.82) is 0 Å². The minimum absolute atomic E-state index is 0.279. The van der Waals surface area contributed by atoms with Crippen LogP contribution in [0.5, 0.6) is 0 Å². The van der Waals surface area contributed by atoms with Crippen molar-refractivity contribution in [3.63, 3.8) is 0 Å². The van der Waals surface area contributed by atoms with Crippen LogP contribution in [0.2, 0.25) is 0 Å². The van der Waals surface area contributed by atoms with Gasteiger partial charge in [0.1, 0.15) is 0 Å². The number of anilines is 1. The maximum absolute atomic E-state index is 12.6. The Morgan fingerprint density at radius 3 is 1.80 bits per heavy atom. The molecule has 0 bridgehead atoms. The van der Waals surface area contributed by atoms with E-state index in [0.29, 0.717) is 11.3 Å². The SMILES string of the molecule is CCOC(=O)c1ccc(NC(=O)C(=O)NC(c2ccccc2)c2ccccc2)cc1. The van der Waals surface area contributed by atoms with Gasteiger partial charge in [0.15, 0.2) is 0 Å². The molecule has 30 heavy (non-hydrogen) atoms. The summed E-state index contributed by atoms with van der Waals surface area (Å²) in [7, 11) is 0. The molecule has 0 unspecified atom stereocenters. The van der Waals surface area contributed by atoms with Crippen molar-refractivity contribution in [2.24, 2.45) is 0 Å². The first kappa shape index (κ1) is 20.8. The van der Waals surface area contributed by atoms with E-state index in [2.05, 4.69) is 10.6 Å². The first-order valence-corrected chi connectivity index (χ1v) is 9.57. The lowest BCUT2D eigenvalue weighted by atomic mass is 9.99. The molecule has 6 heteroatoms. The first-order chi connectivity index (χ1) is 14.6. The van der Waals surface area contributed by atoms with E-state index in [4.69, 9.17) is 4.74 Å². The highest BCUT2D eigenvalue weighted by Crippen LogP contribution is 2.21. The fourth-order valence-corrected chi connectivity index (χ4v) is 2.94. The van der Waals surface area contributed by atoms with E-state index < -0.39 is 23.8 Å². The number of ether oxygens (including phenoxy) is 1. The van der Waals surface area contributed by atoms with Crippen molar-refractivity contribution in [2.45, 2.75) is 13.0 Å². The fourth-order valence-electron chi connectivity index (χ4n) is 2.94. The summed E-state index contributed by atoms with van der Waals surface area (Å²) in [6.07, 6.45) is 0. The van der Waals surface area contributed by atoms with Crippen LogP contribution in [0.25, 0.3) is 0 Å². The number of carbonyl (C=O) groups excluding carboxylic acids is 3. The van der Waals surface area contributed by atoms with E-state index >= 15 is 0 Å². The number of esters is 1. The minimum atomic E-state index is -0.796. The summed E-state index contributed by atoms with van der Waals surface area (Å²) in [6.45, 7) is 2.00. The van der Waals surface area contributed by atoms with Crippen LogP contribution < -0.4 is 10.6 Å². The Balaban J connectivity index is 1.70. The molecule has 3 aromatic carbocycles. The zero-order valence-electron chi connectivity index (χ0n) is 16.5. The summed E-state index contributed by atoms with van der Waals surface area (Å²) < 4.78 is 4.92. The Morgan fingerprint density at radius 2 is 1.30 bits per heavy atom. The maximum atomic E-state index is 12.6. The van der Waals surface area contributed by atoms with Gasteiger partial charge < -0.3 is 15.4 Å². The largest absolute Gasteiger partial charge is 0.462 e. The first-order valence-electron chi connectivity index (χ1n) is 9.57. The third kappa shape index (κ3) is 5.32. The molecule has 0 aliphatic heterocycles. The molecule has 0 saturated carbocycles. The summed E-state index contributed by atoms with van der Waals surface area (Å²) in [4.78, 5) is 36.7. The molecular formula is C24H22N2O4. The molecule has 0 saturated heterocycles. The lowest BCUT2D eigenvalue weighted by Crippen LogP contribution is -2.38. The highest BCUT2D eigenvalue weighted by molar-refractivity contribution is 6.39. The average Bonchev–Trinajstić information content (AvgIpc) is 2.79. The average molecular weight is 402 g/mol. The molecule has 0 radical (unpaired) electrons. The van der Waals surface area contributed by atoms with E-state index in [1.54, 1.807) is 19.1 Å². The Bertz CT molecular complexity index is 963. The van der Waals surface area contributed by atoms with Crippen LogP contribution in [0.1, 0.15) is 34.5 Å². The number of benzene rings is 3. The lowest BCUT2D eigenvalue weighted by molar-refractivity contribution is -0.136. The predicted octanol–water partition coefficient (Wildman–Crippen LogP) is 3.71. The molecule has 6 nitrogen and oxygen atoms in total. The zero-order chi connectivity index (χ0) is 21.3. The Hall–Kier alpha value is -3.93. The molecule has 0 spiro atoms. The monoisotopic (exact) mass is 402 g/mol. The van der Waals surface area contributed by atoms with Gasteiger partial charge in [-0.05, 0) is 42.3 Å². The lowest BCUT2D eigenvalue weighted by Gasteiger charge is -2.19. The van der Waals surface area contributed by atoms with Gasteiger partial charge in [0, 0.05) is 5.69 Å². The minimum Gasteiger partial charge on any atom is -0.462 e. The molecule has 0 atom stereocenters. The number of carbonyl (C=O) groups is 3. The van der Waals surface area contributed by atoms with Crippen LogP contribution in [-0.2, 0) is 14.3 Å². The topological polar surface area (TPSA) is 84.5 Å². The van der Waals surface area contributed by atoms with Gasteiger partial charge in [-0.2, -0.15) is 0 Å². The summed E-state index contributed by atoms with van der Waals surface area (Å²) in [5, 5.41) is 5.34. The van der Waals surface area contributed by atoms with Crippen LogP contribution >= 0.6 is 0 Å². The van der Waals surface area contributed by atoms with Gasteiger partial charge in [-0.1, -0.05) is 60.7 Å². The molecule has 0 fully saturated rings. The van der Waals surface area contributed by atoms with E-state index in [1.165, 1.54) is 12.1 Å². The highest BCUT2D eigenvalue weighted by atomic mass is 16.5. The molecule has 0 aliphatic carbocycles. The second-order valence-electron chi connectivity index (χ2n) is 6.48. The van der Waals surface area contributed by atoms with Crippen molar-refractivity contribution in [2.75, 3.05) is 11.9 Å². The van der Waals surface area contributed by atoms with Crippen molar-refractivity contribution in [3.05, 3.63) is 102 Å². The Labute approximate surface area is 174 Å². The Kier molecular flexibility index (Phi) is 6.95. The normalized spacial score (nSPS) is 10.3. The van der Waals surface area contributed by atoms with Gasteiger partial charge in [-0.3, -0.25) is 9.59 Å². The van der Waals surface area contributed by atoms with Crippen LogP contribution in [0.15, 0.2) is 84.9 Å². The number of hydrogen-bond acceptors (Lipinski definition) is 4. The van der Waals surface area contributed by atoms with Crippen LogP contribution in [0.3, 0.4) is 0 Å². The summed E-state index contributed by atoms with van der Waals surface area (Å²) in [5.41, 5.74) is 2.50. The summed E-state index contributed by atoms with van der Waals surface area (Å²) in [6, 6.07) is 24.5. The molecule has 152 valence electrons. The van der Waals surface area contributed by atoms with E-state index in [0.717, 1.165) is 11.1 Å². The number of hydrogen-bond donors (Lipinski definition) is 2. The quantitative estimate of drug-likeness (QED) is 0.486. The van der Waals surface area contributed by atoms with Gasteiger partial charge >= 0.3 is 17.8 Å². The standard InChI is InChI=1S/C24H22N2O4/c1-2-30-24(29)19-13-15-20(16-14-19)25-22(27)23(28)26-21(17-9-5-3-6-10-17)18-11-7-4-8-12-18/h3-16,21H,2H2,1H3,(H,25,27)(H,26,28). The van der Waals surface area contributed by atoms with Crippen molar-refractivity contribution >= 4 is 23.5 Å². The second-order valence-corrected chi connectivity index (χ2v) is 6.48. The van der Waals surface area contributed by atoms with E-state index in [-0.39, 0.29) is 6.61 Å². The molecule has 0 heterocycles. The number of nitrogens with one attached hydrogen (secondary N) is 2. The molecule has 2 N–H and O–H groups in total. The molecule has 0 aromatic heterocycles. The van der Waals surface area contributed by atoms with Crippen LogP contribution in [-0.4, -0.2) is 24.4 Å². The third-order valence-corrected chi connectivity index (χ3v) is 4.40. The highest BCUT2D eigenvalue weighted by Gasteiger charge is 2.21. The molecular weight excluding hydrogens is 380 g/mol. The van der Waals surface area contributed by atoms with Gasteiger partial charge in [-0.25, -0.2) is 4.79 Å². The van der Waals surface area contributed by atoms with Crippen molar-refractivity contribution in [3.8, 4) is 0 Å². The van der Waals surface area contributed by atoms with E-state index in [9.17, 15) is 14.4 Å². The predicted molar refractivity (Wildman–Crippen MR) is 114 cm³/mol. The molecule has 3 aromatic rings. The van der Waals surface area contributed by atoms with Gasteiger partial charge in [0.25, 0.3) is 0 Å². The van der Waals surface area contributed by atoms with Gasteiger partial charge in [-0.15, -0.1) is 0 Å². The smallest absolute Gasteiger partial charge is 0.338 e. The Morgan fingerprint density at radius 1 is 0.767 bits per heavy atom. The summed E-state index contributed by atoms with van der Waals surface area (Å²) in [5.74, 6) is -2.00. The summed E-state index contributed by atoms with van der Waals surface area (Å²) >= 11 is 0. The second kappa shape index (κ2) is 10.0.